The first-order chi connectivity index (χ1) is 16.3. The van der Waals surface area contributed by atoms with Gasteiger partial charge in [-0.2, -0.15) is 0 Å². The lowest BCUT2D eigenvalue weighted by molar-refractivity contribution is 0.596. The van der Waals surface area contributed by atoms with Gasteiger partial charge in [-0.3, -0.25) is 4.79 Å². The second-order valence-corrected chi connectivity index (χ2v) is 9.28. The molecule has 0 amide bonds. The second-order valence-electron chi connectivity index (χ2n) is 8.40. The molecule has 0 bridgehead atoms. The lowest BCUT2D eigenvalue weighted by atomic mass is 9.80. The van der Waals surface area contributed by atoms with Crippen molar-refractivity contribution in [1.29, 1.82) is 0 Å². The summed E-state index contributed by atoms with van der Waals surface area (Å²) in [4.78, 5) is 17.1. The van der Waals surface area contributed by atoms with Crippen molar-refractivity contribution >= 4 is 46.5 Å². The van der Waals surface area contributed by atoms with E-state index >= 15 is 0 Å². The number of hydrogen-bond donors (Lipinski definition) is 1. The Kier molecular flexibility index (Phi) is 6.80. The van der Waals surface area contributed by atoms with Crippen LogP contribution >= 0.6 is 35.6 Å². The summed E-state index contributed by atoms with van der Waals surface area (Å²) in [7, 11) is 3.68. The molecule has 0 aliphatic rings. The predicted octanol–water partition coefficient (Wildman–Crippen LogP) is 5.92. The highest BCUT2D eigenvalue weighted by atomic mass is 35.5. The number of fused-ring (bicyclic) bond motifs is 1. The Labute approximate surface area is 219 Å². The zero-order valence-electron chi connectivity index (χ0n) is 19.1. The van der Waals surface area contributed by atoms with Gasteiger partial charge in [-0.05, 0) is 58.7 Å². The highest BCUT2D eigenvalue weighted by Gasteiger charge is 2.35. The van der Waals surface area contributed by atoms with E-state index in [1.165, 1.54) is 0 Å². The summed E-state index contributed by atoms with van der Waals surface area (Å²) in [6, 6.07) is 22.6. The van der Waals surface area contributed by atoms with Gasteiger partial charge >= 0.3 is 0 Å². The molecule has 0 aliphatic heterocycles. The SMILES string of the molecule is Cl.Cn1cncc1[C@@](N)(c1ccc(Cl)cc1)c1ccc2c(c1)c(-c1cccc(Cl)c1)cc(=O)n2C. The molecule has 5 aromatic rings. The van der Waals surface area contributed by atoms with E-state index in [-0.39, 0.29) is 18.0 Å². The quantitative estimate of drug-likeness (QED) is 0.317. The third kappa shape index (κ3) is 4.26. The Morgan fingerprint density at radius 3 is 2.26 bits per heavy atom. The van der Waals surface area contributed by atoms with Crippen LogP contribution in [0.5, 0.6) is 0 Å². The first kappa shape index (κ1) is 25.0. The van der Waals surface area contributed by atoms with E-state index < -0.39 is 5.54 Å². The van der Waals surface area contributed by atoms with Gasteiger partial charge < -0.3 is 14.9 Å². The van der Waals surface area contributed by atoms with Crippen molar-refractivity contribution < 1.29 is 0 Å². The molecule has 0 saturated carbocycles. The van der Waals surface area contributed by atoms with Gasteiger partial charge in [0, 0.05) is 35.6 Å². The summed E-state index contributed by atoms with van der Waals surface area (Å²) >= 11 is 12.4. The number of benzene rings is 3. The van der Waals surface area contributed by atoms with Gasteiger partial charge in [-0.15, -0.1) is 12.4 Å². The van der Waals surface area contributed by atoms with Gasteiger partial charge in [-0.1, -0.05) is 53.5 Å². The minimum atomic E-state index is -1.01. The fourth-order valence-corrected chi connectivity index (χ4v) is 4.83. The molecule has 0 saturated heterocycles. The number of nitrogens with zero attached hydrogens (tertiary/aromatic N) is 3. The molecule has 0 fully saturated rings. The second kappa shape index (κ2) is 9.51. The average molecular weight is 526 g/mol. The lowest BCUT2D eigenvalue weighted by Crippen LogP contribution is -2.41. The monoisotopic (exact) mass is 524 g/mol. The van der Waals surface area contributed by atoms with E-state index in [9.17, 15) is 4.79 Å². The molecule has 35 heavy (non-hydrogen) atoms. The molecule has 3 aromatic carbocycles. The number of hydrogen-bond acceptors (Lipinski definition) is 3. The van der Waals surface area contributed by atoms with Crippen LogP contribution in [0.15, 0.2) is 90.1 Å². The molecular weight excluding hydrogens is 503 g/mol. The minimum Gasteiger partial charge on any atom is -0.336 e. The maximum atomic E-state index is 12.8. The third-order valence-corrected chi connectivity index (χ3v) is 6.84. The van der Waals surface area contributed by atoms with Gasteiger partial charge in [0.15, 0.2) is 0 Å². The van der Waals surface area contributed by atoms with Crippen LogP contribution in [0.25, 0.3) is 22.0 Å². The van der Waals surface area contributed by atoms with Crippen LogP contribution in [-0.2, 0) is 19.6 Å². The fourth-order valence-electron chi connectivity index (χ4n) is 4.51. The van der Waals surface area contributed by atoms with E-state index in [0.717, 1.165) is 38.9 Å². The molecule has 2 heterocycles. The topological polar surface area (TPSA) is 65.8 Å². The van der Waals surface area contributed by atoms with Crippen molar-refractivity contribution in [2.24, 2.45) is 19.8 Å². The van der Waals surface area contributed by atoms with Crippen LogP contribution in [0.3, 0.4) is 0 Å². The Bertz CT molecular complexity index is 1590. The van der Waals surface area contributed by atoms with Gasteiger partial charge in [0.05, 0.1) is 23.7 Å². The van der Waals surface area contributed by atoms with E-state index in [2.05, 4.69) is 4.98 Å². The van der Waals surface area contributed by atoms with E-state index in [0.29, 0.717) is 10.0 Å². The average Bonchev–Trinajstić information content (AvgIpc) is 3.27. The Morgan fingerprint density at radius 1 is 0.886 bits per heavy atom. The van der Waals surface area contributed by atoms with Gasteiger partial charge in [-0.25, -0.2) is 4.98 Å². The summed E-state index contributed by atoms with van der Waals surface area (Å²) in [5.41, 5.74) is 11.1. The third-order valence-electron chi connectivity index (χ3n) is 6.36. The number of aryl methyl sites for hydroxylation is 2. The molecule has 5 nitrogen and oxygen atoms in total. The molecule has 0 unspecified atom stereocenters. The molecule has 1 atom stereocenters. The van der Waals surface area contributed by atoms with Gasteiger partial charge in [0.1, 0.15) is 5.54 Å². The van der Waals surface area contributed by atoms with Crippen LogP contribution in [0, 0.1) is 0 Å². The van der Waals surface area contributed by atoms with Crippen LogP contribution in [0.2, 0.25) is 10.0 Å². The van der Waals surface area contributed by atoms with Crippen LogP contribution in [0.1, 0.15) is 16.8 Å². The molecule has 5 rings (SSSR count). The van der Waals surface area contributed by atoms with Crippen LogP contribution in [0.4, 0.5) is 0 Å². The van der Waals surface area contributed by atoms with Crippen molar-refractivity contribution in [3.05, 3.63) is 123 Å². The molecule has 0 aliphatic carbocycles. The van der Waals surface area contributed by atoms with E-state index in [1.807, 2.05) is 78.3 Å². The molecule has 2 aromatic heterocycles. The van der Waals surface area contributed by atoms with Crippen molar-refractivity contribution in [2.75, 3.05) is 0 Å². The van der Waals surface area contributed by atoms with Crippen molar-refractivity contribution in [1.82, 2.24) is 14.1 Å². The summed E-state index contributed by atoms with van der Waals surface area (Å²) < 4.78 is 3.55. The van der Waals surface area contributed by atoms with Crippen molar-refractivity contribution in [2.45, 2.75) is 5.54 Å². The Hall–Kier alpha value is -3.09. The molecule has 0 radical (unpaired) electrons. The molecule has 178 valence electrons. The molecule has 2 N–H and O–H groups in total. The van der Waals surface area contributed by atoms with E-state index in [1.54, 1.807) is 30.2 Å². The fraction of sp³-hybridized carbons (Fsp3) is 0.111. The number of aromatic nitrogens is 3. The smallest absolute Gasteiger partial charge is 0.251 e. The summed E-state index contributed by atoms with van der Waals surface area (Å²) in [6.07, 6.45) is 3.51. The molecule has 8 heteroatoms. The number of nitrogens with two attached hydrogens (primary N) is 1. The highest BCUT2D eigenvalue weighted by Crippen LogP contribution is 2.38. The zero-order chi connectivity index (χ0) is 24.0. The normalized spacial score (nSPS) is 12.8. The van der Waals surface area contributed by atoms with E-state index in [4.69, 9.17) is 28.9 Å². The first-order valence-electron chi connectivity index (χ1n) is 10.7. The predicted molar refractivity (Wildman–Crippen MR) is 146 cm³/mol. The largest absolute Gasteiger partial charge is 0.336 e. The Morgan fingerprint density at radius 2 is 1.60 bits per heavy atom. The molecule has 0 spiro atoms. The lowest BCUT2D eigenvalue weighted by Gasteiger charge is -2.31. The van der Waals surface area contributed by atoms with Crippen LogP contribution in [-0.4, -0.2) is 14.1 Å². The summed E-state index contributed by atoms with van der Waals surface area (Å²) in [6.45, 7) is 0. The maximum absolute atomic E-state index is 12.8. The summed E-state index contributed by atoms with van der Waals surface area (Å²) in [5.74, 6) is 0. The van der Waals surface area contributed by atoms with Crippen LogP contribution < -0.4 is 11.3 Å². The number of rotatable bonds is 4. The van der Waals surface area contributed by atoms with Gasteiger partial charge in [0.2, 0.25) is 0 Å². The summed E-state index contributed by atoms with van der Waals surface area (Å²) in [5, 5.41) is 2.13. The van der Waals surface area contributed by atoms with Crippen molar-refractivity contribution in [3.8, 4) is 11.1 Å². The Balaban J connectivity index is 0.00000289. The highest BCUT2D eigenvalue weighted by molar-refractivity contribution is 6.31. The first-order valence-corrected chi connectivity index (χ1v) is 11.5. The maximum Gasteiger partial charge on any atom is 0.251 e. The van der Waals surface area contributed by atoms with Gasteiger partial charge in [0.25, 0.3) is 5.56 Å². The van der Waals surface area contributed by atoms with Crippen molar-refractivity contribution in [3.63, 3.8) is 0 Å². The zero-order valence-corrected chi connectivity index (χ0v) is 21.4. The molecular formula is C27H23Cl3N4O. The minimum absolute atomic E-state index is 0. The number of halogens is 3. The number of pyridine rings is 1. The number of imidazole rings is 1. The standard InChI is InChI=1S/C27H22Cl2N4O.ClH/c1-32-16-31-15-25(32)27(30,18-6-9-20(28)10-7-18)19-8-11-24-23(13-19)22(14-26(34)33(24)2)17-4-3-5-21(29)12-17;/h3-16H,30H2,1-2H3;1H/t27-;/m1./s1.